The number of ether oxygens (including phenoxy) is 1. The van der Waals surface area contributed by atoms with Gasteiger partial charge in [-0.3, -0.25) is 9.59 Å². The highest BCUT2D eigenvalue weighted by Gasteiger charge is 2.26. The quantitative estimate of drug-likeness (QED) is 0.499. The average molecular weight is 259 g/mol. The molecule has 0 spiro atoms. The lowest BCUT2D eigenvalue weighted by Gasteiger charge is -2.23. The third-order valence-electron chi connectivity index (χ3n) is 2.58. The molecule has 0 aromatic carbocycles. The SMILES string of the molecule is CCNC(=O)C(C)(N)CCCCNC(=O)COC. The van der Waals surface area contributed by atoms with Gasteiger partial charge >= 0.3 is 0 Å². The van der Waals surface area contributed by atoms with Crippen molar-refractivity contribution >= 4 is 11.8 Å². The minimum atomic E-state index is -0.841. The van der Waals surface area contributed by atoms with Crippen molar-refractivity contribution in [3.63, 3.8) is 0 Å². The largest absolute Gasteiger partial charge is 0.375 e. The van der Waals surface area contributed by atoms with Gasteiger partial charge < -0.3 is 21.1 Å². The van der Waals surface area contributed by atoms with Gasteiger partial charge in [0.05, 0.1) is 5.54 Å². The maximum absolute atomic E-state index is 11.6. The minimum Gasteiger partial charge on any atom is -0.375 e. The number of hydrogen-bond donors (Lipinski definition) is 3. The fourth-order valence-electron chi connectivity index (χ4n) is 1.50. The summed E-state index contributed by atoms with van der Waals surface area (Å²) >= 11 is 0. The lowest BCUT2D eigenvalue weighted by molar-refractivity contribution is -0.126. The molecule has 6 heteroatoms. The van der Waals surface area contributed by atoms with Gasteiger partial charge in [-0.25, -0.2) is 0 Å². The van der Waals surface area contributed by atoms with Crippen LogP contribution in [0, 0.1) is 0 Å². The number of likely N-dealkylation sites (N-methyl/N-ethyl adjacent to an activating group) is 1. The summed E-state index contributed by atoms with van der Waals surface area (Å²) in [6, 6.07) is 0. The zero-order chi connectivity index (χ0) is 14.0. The van der Waals surface area contributed by atoms with E-state index in [0.717, 1.165) is 12.8 Å². The summed E-state index contributed by atoms with van der Waals surface area (Å²) in [5.74, 6) is -0.259. The minimum absolute atomic E-state index is 0.0769. The molecule has 18 heavy (non-hydrogen) atoms. The average Bonchev–Trinajstić information content (AvgIpc) is 2.29. The molecule has 2 amide bonds. The number of rotatable bonds is 9. The molecule has 0 aromatic heterocycles. The molecule has 0 aliphatic rings. The van der Waals surface area contributed by atoms with Crippen molar-refractivity contribution in [1.29, 1.82) is 0 Å². The van der Waals surface area contributed by atoms with Crippen LogP contribution in [0.2, 0.25) is 0 Å². The van der Waals surface area contributed by atoms with Crippen LogP contribution < -0.4 is 16.4 Å². The monoisotopic (exact) mass is 259 g/mol. The van der Waals surface area contributed by atoms with Crippen molar-refractivity contribution in [2.45, 2.75) is 38.6 Å². The molecule has 0 aromatic rings. The van der Waals surface area contributed by atoms with E-state index >= 15 is 0 Å². The van der Waals surface area contributed by atoms with Gasteiger partial charge in [0.1, 0.15) is 6.61 Å². The highest BCUT2D eigenvalue weighted by atomic mass is 16.5. The van der Waals surface area contributed by atoms with E-state index < -0.39 is 5.54 Å². The Morgan fingerprint density at radius 2 is 1.94 bits per heavy atom. The third-order valence-corrected chi connectivity index (χ3v) is 2.58. The van der Waals surface area contributed by atoms with E-state index in [4.69, 9.17) is 5.73 Å². The molecule has 0 heterocycles. The van der Waals surface area contributed by atoms with E-state index in [2.05, 4.69) is 15.4 Å². The smallest absolute Gasteiger partial charge is 0.245 e. The normalized spacial score (nSPS) is 13.8. The summed E-state index contributed by atoms with van der Waals surface area (Å²) in [6.07, 6.45) is 2.18. The van der Waals surface area contributed by atoms with E-state index in [0.29, 0.717) is 19.5 Å². The summed E-state index contributed by atoms with van der Waals surface area (Å²) in [5, 5.41) is 5.43. The van der Waals surface area contributed by atoms with Gasteiger partial charge in [-0.15, -0.1) is 0 Å². The topological polar surface area (TPSA) is 93.5 Å². The summed E-state index contributed by atoms with van der Waals surface area (Å²) in [6.45, 7) is 4.82. The van der Waals surface area contributed by atoms with Crippen LogP contribution in [0.5, 0.6) is 0 Å². The van der Waals surface area contributed by atoms with E-state index in [9.17, 15) is 9.59 Å². The molecular weight excluding hydrogens is 234 g/mol. The standard InChI is InChI=1S/C12H25N3O3/c1-4-14-11(17)12(2,13)7-5-6-8-15-10(16)9-18-3/h4-9,13H2,1-3H3,(H,14,17)(H,15,16). The Labute approximate surface area is 109 Å². The molecule has 6 nitrogen and oxygen atoms in total. The molecule has 0 aliphatic carbocycles. The van der Waals surface area contributed by atoms with Crippen LogP contribution in [0.3, 0.4) is 0 Å². The lowest BCUT2D eigenvalue weighted by Crippen LogP contribution is -2.51. The number of hydrogen-bond acceptors (Lipinski definition) is 4. The van der Waals surface area contributed by atoms with Crippen LogP contribution in [0.15, 0.2) is 0 Å². The Morgan fingerprint density at radius 3 is 2.50 bits per heavy atom. The van der Waals surface area contributed by atoms with E-state index in [1.807, 2.05) is 6.92 Å². The fourth-order valence-corrected chi connectivity index (χ4v) is 1.50. The van der Waals surface area contributed by atoms with Crippen molar-refractivity contribution in [2.24, 2.45) is 5.73 Å². The summed E-state index contributed by atoms with van der Waals surface area (Å²) in [5.41, 5.74) is 5.08. The maximum Gasteiger partial charge on any atom is 0.245 e. The molecular formula is C12H25N3O3. The lowest BCUT2D eigenvalue weighted by atomic mass is 9.95. The number of carbonyl (C=O) groups is 2. The van der Waals surface area contributed by atoms with Gasteiger partial charge in [-0.2, -0.15) is 0 Å². The van der Waals surface area contributed by atoms with Gasteiger partial charge in [-0.1, -0.05) is 0 Å². The molecule has 0 saturated carbocycles. The first-order valence-corrected chi connectivity index (χ1v) is 6.27. The molecule has 4 N–H and O–H groups in total. The molecule has 0 saturated heterocycles. The van der Waals surface area contributed by atoms with Crippen molar-refractivity contribution < 1.29 is 14.3 Å². The first-order chi connectivity index (χ1) is 8.44. The molecule has 1 unspecified atom stereocenters. The number of carbonyl (C=O) groups excluding carboxylic acids is 2. The van der Waals surface area contributed by atoms with Crippen LogP contribution >= 0.6 is 0 Å². The second-order valence-corrected chi connectivity index (χ2v) is 4.52. The molecule has 0 aliphatic heterocycles. The Balaban J connectivity index is 3.70. The van der Waals surface area contributed by atoms with Gasteiger partial charge in [0.2, 0.25) is 11.8 Å². The fraction of sp³-hybridized carbons (Fsp3) is 0.833. The molecule has 0 rings (SSSR count). The number of nitrogens with two attached hydrogens (primary N) is 1. The molecule has 106 valence electrons. The van der Waals surface area contributed by atoms with Crippen LogP contribution in [0.4, 0.5) is 0 Å². The summed E-state index contributed by atoms with van der Waals surface area (Å²) < 4.78 is 4.69. The van der Waals surface area contributed by atoms with Crippen LogP contribution in [-0.2, 0) is 14.3 Å². The summed E-state index contributed by atoms with van der Waals surface area (Å²) in [4.78, 5) is 22.7. The first kappa shape index (κ1) is 16.9. The highest BCUT2D eigenvalue weighted by Crippen LogP contribution is 2.10. The van der Waals surface area contributed by atoms with Crippen LogP contribution in [0.1, 0.15) is 33.1 Å². The molecule has 0 fully saturated rings. The molecule has 1 atom stereocenters. The van der Waals surface area contributed by atoms with Crippen LogP contribution in [0.25, 0.3) is 0 Å². The Bertz CT molecular complexity index is 267. The number of unbranched alkanes of at least 4 members (excludes halogenated alkanes) is 1. The number of amides is 2. The van der Waals surface area contributed by atoms with Gasteiger partial charge in [-0.05, 0) is 33.1 Å². The molecule has 0 radical (unpaired) electrons. The second kappa shape index (κ2) is 8.88. The van der Waals surface area contributed by atoms with E-state index in [1.54, 1.807) is 6.92 Å². The Morgan fingerprint density at radius 1 is 1.28 bits per heavy atom. The predicted octanol–water partition coefficient (Wildman–Crippen LogP) is -0.227. The Kier molecular flexibility index (Phi) is 8.32. The zero-order valence-corrected chi connectivity index (χ0v) is 11.5. The predicted molar refractivity (Wildman–Crippen MR) is 70.0 cm³/mol. The third kappa shape index (κ3) is 7.24. The molecule has 0 bridgehead atoms. The number of nitrogens with one attached hydrogen (secondary N) is 2. The van der Waals surface area contributed by atoms with E-state index in [1.165, 1.54) is 7.11 Å². The van der Waals surface area contributed by atoms with Crippen molar-refractivity contribution in [3.8, 4) is 0 Å². The summed E-state index contributed by atoms with van der Waals surface area (Å²) in [7, 11) is 1.48. The van der Waals surface area contributed by atoms with Gasteiger partial charge in [0, 0.05) is 20.2 Å². The second-order valence-electron chi connectivity index (χ2n) is 4.52. The van der Waals surface area contributed by atoms with Crippen molar-refractivity contribution in [1.82, 2.24) is 10.6 Å². The maximum atomic E-state index is 11.6. The van der Waals surface area contributed by atoms with Gasteiger partial charge in [0.15, 0.2) is 0 Å². The Hall–Kier alpha value is -1.14. The number of methoxy groups -OCH3 is 1. The highest BCUT2D eigenvalue weighted by molar-refractivity contribution is 5.85. The first-order valence-electron chi connectivity index (χ1n) is 6.27. The zero-order valence-electron chi connectivity index (χ0n) is 11.5. The van der Waals surface area contributed by atoms with E-state index in [-0.39, 0.29) is 18.4 Å². The van der Waals surface area contributed by atoms with Crippen molar-refractivity contribution in [3.05, 3.63) is 0 Å². The van der Waals surface area contributed by atoms with Gasteiger partial charge in [0.25, 0.3) is 0 Å². The van der Waals surface area contributed by atoms with Crippen molar-refractivity contribution in [2.75, 3.05) is 26.8 Å². The van der Waals surface area contributed by atoms with Crippen LogP contribution in [-0.4, -0.2) is 44.2 Å².